The molecule has 0 unspecified atom stereocenters. The van der Waals surface area contributed by atoms with Gasteiger partial charge < -0.3 is 35.7 Å². The molecule has 0 bridgehead atoms. The SMILES string of the molecule is CC(C)CN(C[C@@H](O)[C@H](Cc1ccccc1)NC(=O)O[C@H]1CO[C@H]2OCC[C@H]21)S(=O)(=O)c1ccc(N)c(NCC2CCCCC2)c1. The summed E-state index contributed by atoms with van der Waals surface area (Å²) in [7, 11) is -4.03. The number of anilines is 2. The van der Waals surface area contributed by atoms with E-state index in [0.29, 0.717) is 23.9 Å². The molecule has 1 amide bonds. The predicted molar refractivity (Wildman–Crippen MR) is 177 cm³/mol. The van der Waals surface area contributed by atoms with Crippen molar-refractivity contribution in [2.45, 2.75) is 88.2 Å². The first-order chi connectivity index (χ1) is 22.1. The number of carbonyl (C=O) groups is 1. The molecule has 2 heterocycles. The fraction of sp³-hybridized carbons (Fsp3) is 0.618. The van der Waals surface area contributed by atoms with Gasteiger partial charge >= 0.3 is 6.09 Å². The van der Waals surface area contributed by atoms with Crippen molar-refractivity contribution in [3.63, 3.8) is 0 Å². The van der Waals surface area contributed by atoms with Crippen LogP contribution in [0.5, 0.6) is 0 Å². The number of amides is 1. The van der Waals surface area contributed by atoms with E-state index >= 15 is 0 Å². The number of hydrogen-bond donors (Lipinski definition) is 4. The number of ether oxygens (including phenoxy) is 3. The molecule has 12 heteroatoms. The smallest absolute Gasteiger partial charge is 0.407 e. The molecule has 254 valence electrons. The topological polar surface area (TPSA) is 152 Å². The molecular formula is C34H50N4O7S. The lowest BCUT2D eigenvalue weighted by atomic mass is 9.89. The molecule has 0 spiro atoms. The number of carbonyl (C=O) groups excluding carboxylic acids is 1. The molecule has 1 aliphatic carbocycles. The van der Waals surface area contributed by atoms with Gasteiger partial charge in [0.15, 0.2) is 6.29 Å². The molecule has 3 aliphatic rings. The van der Waals surface area contributed by atoms with E-state index in [4.69, 9.17) is 19.9 Å². The number of benzene rings is 2. The van der Waals surface area contributed by atoms with Gasteiger partial charge in [-0.1, -0.05) is 63.4 Å². The summed E-state index contributed by atoms with van der Waals surface area (Å²) in [6.07, 6.45) is 4.27. The van der Waals surface area contributed by atoms with E-state index in [9.17, 15) is 18.3 Å². The van der Waals surface area contributed by atoms with Gasteiger partial charge in [-0.05, 0) is 61.3 Å². The molecule has 0 aromatic heterocycles. The second-order valence-electron chi connectivity index (χ2n) is 13.3. The van der Waals surface area contributed by atoms with Gasteiger partial charge in [0, 0.05) is 19.6 Å². The normalized spacial score (nSPS) is 23.3. The number of nitrogens with one attached hydrogen (secondary N) is 2. The van der Waals surface area contributed by atoms with Gasteiger partial charge in [0.2, 0.25) is 10.0 Å². The van der Waals surface area contributed by atoms with E-state index in [1.54, 1.807) is 12.1 Å². The lowest BCUT2D eigenvalue weighted by Crippen LogP contribution is -2.51. The van der Waals surface area contributed by atoms with Gasteiger partial charge in [-0.25, -0.2) is 13.2 Å². The van der Waals surface area contributed by atoms with Gasteiger partial charge in [0.1, 0.15) is 6.10 Å². The number of sulfonamides is 1. The van der Waals surface area contributed by atoms with E-state index in [1.807, 2.05) is 44.2 Å². The average molecular weight is 659 g/mol. The van der Waals surface area contributed by atoms with E-state index < -0.39 is 34.4 Å². The molecule has 5 N–H and O–H groups in total. The highest BCUT2D eigenvalue weighted by Crippen LogP contribution is 2.33. The van der Waals surface area contributed by atoms with E-state index in [-0.39, 0.29) is 49.1 Å². The summed E-state index contributed by atoms with van der Waals surface area (Å²) in [6, 6.07) is 13.3. The number of aliphatic hydroxyl groups excluding tert-OH is 1. The molecule has 5 rings (SSSR count). The fourth-order valence-electron chi connectivity index (χ4n) is 6.68. The first kappa shape index (κ1) is 34.4. The van der Waals surface area contributed by atoms with Gasteiger partial charge in [0.25, 0.3) is 0 Å². The second kappa shape index (κ2) is 15.8. The number of nitrogens with two attached hydrogens (primary N) is 1. The molecule has 2 aromatic carbocycles. The van der Waals surface area contributed by atoms with Crippen LogP contribution in [-0.4, -0.2) is 81.3 Å². The number of alkyl carbamates (subject to hydrolysis) is 1. The molecule has 2 aliphatic heterocycles. The van der Waals surface area contributed by atoms with Crippen LogP contribution in [0.2, 0.25) is 0 Å². The van der Waals surface area contributed by atoms with Crippen LogP contribution in [-0.2, 0) is 30.7 Å². The number of nitrogens with zero attached hydrogens (tertiary/aromatic N) is 1. The summed E-state index contributed by atoms with van der Waals surface area (Å²) < 4.78 is 46.4. The summed E-state index contributed by atoms with van der Waals surface area (Å²) in [5.41, 5.74) is 8.21. The molecule has 46 heavy (non-hydrogen) atoms. The number of nitrogen functional groups attached to an aromatic ring is 1. The number of aliphatic hydroxyl groups is 1. The average Bonchev–Trinajstić information content (AvgIpc) is 3.66. The molecule has 2 saturated heterocycles. The van der Waals surface area contributed by atoms with Crippen molar-refractivity contribution < 1.29 is 32.5 Å². The highest BCUT2D eigenvalue weighted by molar-refractivity contribution is 7.89. The molecule has 11 nitrogen and oxygen atoms in total. The molecule has 0 radical (unpaired) electrons. The number of rotatable bonds is 14. The summed E-state index contributed by atoms with van der Waals surface area (Å²) in [5, 5.41) is 17.8. The van der Waals surface area contributed by atoms with Gasteiger partial charge in [0.05, 0.1) is 47.5 Å². The van der Waals surface area contributed by atoms with Crippen molar-refractivity contribution >= 4 is 27.5 Å². The minimum absolute atomic E-state index is 0.0194. The third-order valence-electron chi connectivity index (χ3n) is 9.24. The molecule has 1 saturated carbocycles. The van der Waals surface area contributed by atoms with E-state index in [1.165, 1.54) is 29.6 Å². The monoisotopic (exact) mass is 658 g/mol. The van der Waals surface area contributed by atoms with Gasteiger partial charge in [-0.3, -0.25) is 0 Å². The van der Waals surface area contributed by atoms with E-state index in [2.05, 4.69) is 10.6 Å². The molecule has 2 aromatic rings. The second-order valence-corrected chi connectivity index (χ2v) is 15.3. The van der Waals surface area contributed by atoms with Crippen LogP contribution in [0.15, 0.2) is 53.4 Å². The van der Waals surface area contributed by atoms with Crippen LogP contribution >= 0.6 is 0 Å². The zero-order valence-electron chi connectivity index (χ0n) is 27.0. The zero-order valence-corrected chi connectivity index (χ0v) is 27.8. The predicted octanol–water partition coefficient (Wildman–Crippen LogP) is 4.37. The van der Waals surface area contributed by atoms with Crippen molar-refractivity contribution in [2.75, 3.05) is 43.9 Å². The van der Waals surface area contributed by atoms with Crippen LogP contribution < -0.4 is 16.4 Å². The first-order valence-corrected chi connectivity index (χ1v) is 18.1. The Morgan fingerprint density at radius 2 is 1.83 bits per heavy atom. The number of hydrogen-bond acceptors (Lipinski definition) is 9. The Hall–Kier alpha value is -2.90. The maximum Gasteiger partial charge on any atom is 0.407 e. The summed E-state index contributed by atoms with van der Waals surface area (Å²) in [5.74, 6) is 0.488. The third kappa shape index (κ3) is 8.92. The lowest BCUT2D eigenvalue weighted by molar-refractivity contribution is -0.0907. The van der Waals surface area contributed by atoms with Gasteiger partial charge in [-0.2, -0.15) is 4.31 Å². The van der Waals surface area contributed by atoms with Crippen LogP contribution in [0, 0.1) is 17.8 Å². The zero-order chi connectivity index (χ0) is 32.7. The Morgan fingerprint density at radius 1 is 1.07 bits per heavy atom. The largest absolute Gasteiger partial charge is 0.443 e. The Bertz CT molecular complexity index is 1390. The Labute approximate surface area is 273 Å². The van der Waals surface area contributed by atoms with Crippen LogP contribution in [0.1, 0.15) is 57.9 Å². The summed E-state index contributed by atoms with van der Waals surface area (Å²) in [6.45, 7) is 5.35. The van der Waals surface area contributed by atoms with Crippen LogP contribution in [0.3, 0.4) is 0 Å². The standard InChI is InChI=1S/C34H50N4O7S/c1-23(2)20-38(46(41,42)26-13-14-28(35)29(18-26)36-19-25-11-7-4-8-12-25)21-31(39)30(17-24-9-5-3-6-10-24)37-34(40)45-32-22-44-33-27(32)15-16-43-33/h3,5-6,9-10,13-14,18,23,25,27,30-33,36,39H,4,7-8,11-12,15-17,19-22,35H2,1-2H3,(H,37,40)/t27-,30-,31+,32-,33+/m0/s1. The Balaban J connectivity index is 1.31. The van der Waals surface area contributed by atoms with Crippen LogP contribution in [0.4, 0.5) is 16.2 Å². The van der Waals surface area contributed by atoms with Crippen LogP contribution in [0.25, 0.3) is 0 Å². The Kier molecular flexibility index (Phi) is 11.8. The molecule has 5 atom stereocenters. The Morgan fingerprint density at radius 3 is 2.57 bits per heavy atom. The molecule has 3 fully saturated rings. The van der Waals surface area contributed by atoms with Crippen molar-refractivity contribution in [1.82, 2.24) is 9.62 Å². The maximum absolute atomic E-state index is 14.1. The first-order valence-electron chi connectivity index (χ1n) is 16.7. The summed E-state index contributed by atoms with van der Waals surface area (Å²) >= 11 is 0. The van der Waals surface area contributed by atoms with Crippen molar-refractivity contribution in [3.05, 3.63) is 54.1 Å². The lowest BCUT2D eigenvalue weighted by Gasteiger charge is -2.31. The van der Waals surface area contributed by atoms with E-state index in [0.717, 1.165) is 31.4 Å². The quantitative estimate of drug-likeness (QED) is 0.217. The summed E-state index contributed by atoms with van der Waals surface area (Å²) in [4.78, 5) is 13.2. The van der Waals surface area contributed by atoms with Crippen molar-refractivity contribution in [3.8, 4) is 0 Å². The number of fused-ring (bicyclic) bond motifs is 1. The van der Waals surface area contributed by atoms with Gasteiger partial charge in [-0.15, -0.1) is 0 Å². The molecular weight excluding hydrogens is 608 g/mol. The van der Waals surface area contributed by atoms with Crippen molar-refractivity contribution in [1.29, 1.82) is 0 Å². The highest BCUT2D eigenvalue weighted by Gasteiger charge is 2.44. The highest BCUT2D eigenvalue weighted by atomic mass is 32.2. The minimum atomic E-state index is -4.03. The third-order valence-corrected chi connectivity index (χ3v) is 11.1. The van der Waals surface area contributed by atoms with Crippen molar-refractivity contribution in [2.24, 2.45) is 17.8 Å². The maximum atomic E-state index is 14.1. The minimum Gasteiger partial charge on any atom is -0.443 e. The fourth-order valence-corrected chi connectivity index (χ4v) is 8.33.